The van der Waals surface area contributed by atoms with Gasteiger partial charge in [0, 0.05) is 63.6 Å². The van der Waals surface area contributed by atoms with Crippen LogP contribution >= 0.6 is 0 Å². The summed E-state index contributed by atoms with van der Waals surface area (Å²) in [6.45, 7) is 4.64. The number of aromatic nitrogens is 1. The lowest BCUT2D eigenvalue weighted by Gasteiger charge is -2.40. The fourth-order valence-corrected chi connectivity index (χ4v) is 3.49. The van der Waals surface area contributed by atoms with Gasteiger partial charge in [-0.25, -0.2) is 0 Å². The first-order valence-electron chi connectivity index (χ1n) is 9.47. The summed E-state index contributed by atoms with van der Waals surface area (Å²) in [6.07, 6.45) is 2.50. The lowest BCUT2D eigenvalue weighted by molar-refractivity contribution is 0.0865. The number of carbonyl (C=O) groups is 1. The van der Waals surface area contributed by atoms with Crippen LogP contribution in [0.3, 0.4) is 0 Å². The largest absolute Gasteiger partial charge is 0.352 e. The number of nitrogens with zero attached hydrogens (tertiary/aromatic N) is 3. The number of benzene rings is 1. The molecule has 1 fully saturated rings. The van der Waals surface area contributed by atoms with E-state index < -0.39 is 0 Å². The molecule has 3 rings (SSSR count). The van der Waals surface area contributed by atoms with Crippen LogP contribution in [0, 0.1) is 0 Å². The van der Waals surface area contributed by atoms with Gasteiger partial charge in [-0.1, -0.05) is 30.3 Å². The number of piperazine rings is 1. The molecule has 2 heterocycles. The van der Waals surface area contributed by atoms with Crippen LogP contribution in [0.25, 0.3) is 0 Å². The molecule has 1 aliphatic heterocycles. The van der Waals surface area contributed by atoms with Crippen LogP contribution in [0.1, 0.15) is 28.4 Å². The number of amides is 1. The van der Waals surface area contributed by atoms with Gasteiger partial charge < -0.3 is 14.8 Å². The van der Waals surface area contributed by atoms with E-state index in [0.29, 0.717) is 18.2 Å². The molecule has 1 aromatic heterocycles. The van der Waals surface area contributed by atoms with Crippen molar-refractivity contribution in [1.82, 2.24) is 19.7 Å². The number of likely N-dealkylation sites (N-methyl/N-ethyl adjacent to an activating group) is 1. The SMILES string of the molecule is CN1CCN(CCCNC(=O)c2ccn(C)c(=O)c2)[C@@H](c2ccccc2)C1. The van der Waals surface area contributed by atoms with Gasteiger partial charge in [-0.15, -0.1) is 0 Å². The predicted molar refractivity (Wildman–Crippen MR) is 107 cm³/mol. The van der Waals surface area contributed by atoms with Crippen molar-refractivity contribution in [3.63, 3.8) is 0 Å². The minimum atomic E-state index is -0.189. The van der Waals surface area contributed by atoms with Gasteiger partial charge >= 0.3 is 0 Å². The molecule has 27 heavy (non-hydrogen) atoms. The van der Waals surface area contributed by atoms with Crippen molar-refractivity contribution in [2.45, 2.75) is 12.5 Å². The van der Waals surface area contributed by atoms with E-state index in [4.69, 9.17) is 0 Å². The number of rotatable bonds is 6. The highest BCUT2D eigenvalue weighted by Gasteiger charge is 2.25. The topological polar surface area (TPSA) is 57.6 Å². The molecule has 6 nitrogen and oxygen atoms in total. The lowest BCUT2D eigenvalue weighted by atomic mass is 10.0. The molecule has 1 aliphatic rings. The van der Waals surface area contributed by atoms with E-state index in [0.717, 1.165) is 32.6 Å². The van der Waals surface area contributed by atoms with Gasteiger partial charge in [0.15, 0.2) is 0 Å². The molecule has 1 N–H and O–H groups in total. The summed E-state index contributed by atoms with van der Waals surface area (Å²) >= 11 is 0. The second kappa shape index (κ2) is 8.97. The van der Waals surface area contributed by atoms with Crippen LogP contribution in [-0.4, -0.2) is 60.0 Å². The number of carbonyl (C=O) groups excluding carboxylic acids is 1. The zero-order chi connectivity index (χ0) is 19.2. The predicted octanol–water partition coefficient (Wildman–Crippen LogP) is 1.49. The Labute approximate surface area is 160 Å². The quantitative estimate of drug-likeness (QED) is 0.785. The number of hydrogen-bond acceptors (Lipinski definition) is 4. The zero-order valence-corrected chi connectivity index (χ0v) is 16.1. The minimum Gasteiger partial charge on any atom is -0.352 e. The minimum absolute atomic E-state index is 0.175. The molecule has 1 aromatic carbocycles. The van der Waals surface area contributed by atoms with Gasteiger partial charge in [0.1, 0.15) is 0 Å². The summed E-state index contributed by atoms with van der Waals surface area (Å²) in [5.41, 5.74) is 1.58. The van der Waals surface area contributed by atoms with E-state index in [2.05, 4.69) is 46.4 Å². The number of pyridine rings is 1. The lowest BCUT2D eigenvalue weighted by Crippen LogP contribution is -2.47. The maximum atomic E-state index is 12.2. The van der Waals surface area contributed by atoms with Crippen molar-refractivity contribution in [2.24, 2.45) is 7.05 Å². The highest BCUT2D eigenvalue weighted by Crippen LogP contribution is 2.24. The third kappa shape index (κ3) is 5.05. The maximum Gasteiger partial charge on any atom is 0.251 e. The van der Waals surface area contributed by atoms with Crippen molar-refractivity contribution in [3.8, 4) is 0 Å². The molecule has 1 atom stereocenters. The molecule has 144 valence electrons. The Morgan fingerprint density at radius 2 is 1.93 bits per heavy atom. The van der Waals surface area contributed by atoms with E-state index in [1.165, 1.54) is 16.2 Å². The third-order valence-electron chi connectivity index (χ3n) is 5.15. The summed E-state index contributed by atoms with van der Waals surface area (Å²) < 4.78 is 1.45. The van der Waals surface area contributed by atoms with Crippen molar-refractivity contribution < 1.29 is 4.79 Å². The first kappa shape index (κ1) is 19.3. The zero-order valence-electron chi connectivity index (χ0n) is 16.1. The highest BCUT2D eigenvalue weighted by atomic mass is 16.2. The standard InChI is InChI=1S/C21H28N4O2/c1-23-13-14-25(19(16-23)17-7-4-3-5-8-17)11-6-10-22-21(27)18-9-12-24(2)20(26)15-18/h3-5,7-9,12,15,19H,6,10-11,13-14,16H2,1-2H3,(H,22,27)/t19-/m1/s1. The van der Waals surface area contributed by atoms with E-state index >= 15 is 0 Å². The monoisotopic (exact) mass is 368 g/mol. The maximum absolute atomic E-state index is 12.2. The van der Waals surface area contributed by atoms with Crippen LogP contribution in [0.5, 0.6) is 0 Å². The molecule has 0 saturated carbocycles. The summed E-state index contributed by atoms with van der Waals surface area (Å²) in [4.78, 5) is 28.7. The van der Waals surface area contributed by atoms with E-state index in [9.17, 15) is 9.59 Å². The molecular formula is C21H28N4O2. The van der Waals surface area contributed by atoms with E-state index in [1.54, 1.807) is 19.3 Å². The summed E-state index contributed by atoms with van der Waals surface area (Å²) in [7, 11) is 3.83. The Balaban J connectivity index is 1.52. The summed E-state index contributed by atoms with van der Waals surface area (Å²) in [5, 5.41) is 2.92. The second-order valence-corrected chi connectivity index (χ2v) is 7.20. The average molecular weight is 368 g/mol. The molecule has 2 aromatic rings. The van der Waals surface area contributed by atoms with Gasteiger partial charge in [-0.3, -0.25) is 14.5 Å². The molecule has 6 heteroatoms. The molecule has 1 amide bonds. The third-order valence-corrected chi connectivity index (χ3v) is 5.15. The Morgan fingerprint density at radius 3 is 2.67 bits per heavy atom. The molecule has 0 unspecified atom stereocenters. The van der Waals surface area contributed by atoms with Gasteiger partial charge in [-0.2, -0.15) is 0 Å². The number of hydrogen-bond donors (Lipinski definition) is 1. The second-order valence-electron chi connectivity index (χ2n) is 7.20. The first-order valence-corrected chi connectivity index (χ1v) is 9.47. The van der Waals surface area contributed by atoms with Crippen molar-refractivity contribution in [2.75, 3.05) is 39.8 Å². The van der Waals surface area contributed by atoms with Crippen LogP contribution in [0.2, 0.25) is 0 Å². The van der Waals surface area contributed by atoms with E-state index in [1.807, 2.05) is 6.07 Å². The van der Waals surface area contributed by atoms with Gasteiger partial charge in [0.25, 0.3) is 11.5 Å². The molecule has 0 bridgehead atoms. The Hall–Kier alpha value is -2.44. The van der Waals surface area contributed by atoms with Crippen molar-refractivity contribution >= 4 is 5.91 Å². The summed E-state index contributed by atoms with van der Waals surface area (Å²) in [5.74, 6) is -0.189. The normalized spacial score (nSPS) is 18.4. The molecule has 0 spiro atoms. The van der Waals surface area contributed by atoms with E-state index in [-0.39, 0.29) is 11.5 Å². The van der Waals surface area contributed by atoms with Crippen molar-refractivity contribution in [1.29, 1.82) is 0 Å². The molecular weight excluding hydrogens is 340 g/mol. The van der Waals surface area contributed by atoms with Gasteiger partial charge in [0.05, 0.1) is 0 Å². The molecule has 1 saturated heterocycles. The Kier molecular flexibility index (Phi) is 6.42. The molecule has 0 aliphatic carbocycles. The number of aryl methyl sites for hydroxylation is 1. The van der Waals surface area contributed by atoms with Crippen LogP contribution in [0.4, 0.5) is 0 Å². The fourth-order valence-electron chi connectivity index (χ4n) is 3.49. The fraction of sp³-hybridized carbons (Fsp3) is 0.429. The smallest absolute Gasteiger partial charge is 0.251 e. The van der Waals surface area contributed by atoms with Crippen molar-refractivity contribution in [3.05, 3.63) is 70.1 Å². The molecule has 0 radical (unpaired) electrons. The summed E-state index contributed by atoms with van der Waals surface area (Å²) in [6, 6.07) is 14.0. The van der Waals surface area contributed by atoms with Gasteiger partial charge in [-0.05, 0) is 25.1 Å². The highest BCUT2D eigenvalue weighted by molar-refractivity contribution is 5.93. The van der Waals surface area contributed by atoms with Gasteiger partial charge in [0.2, 0.25) is 0 Å². The van der Waals surface area contributed by atoms with Crippen LogP contribution < -0.4 is 10.9 Å². The number of nitrogens with one attached hydrogen (secondary N) is 1. The first-order chi connectivity index (χ1) is 13.0. The average Bonchev–Trinajstić information content (AvgIpc) is 2.68. The van der Waals surface area contributed by atoms with Crippen LogP contribution in [-0.2, 0) is 7.05 Å². The Bertz CT molecular complexity index is 818. The Morgan fingerprint density at radius 1 is 1.15 bits per heavy atom. The van der Waals surface area contributed by atoms with Crippen LogP contribution in [0.15, 0.2) is 53.5 Å².